The smallest absolute Gasteiger partial charge is 0.256 e. The second kappa shape index (κ2) is 3.65. The van der Waals surface area contributed by atoms with E-state index in [2.05, 4.69) is 5.10 Å². The number of aromatic nitrogens is 2. The van der Waals surface area contributed by atoms with E-state index in [9.17, 15) is 4.79 Å². The molecule has 1 saturated heterocycles. The van der Waals surface area contributed by atoms with E-state index in [4.69, 9.17) is 10.5 Å². The van der Waals surface area contributed by atoms with Crippen molar-refractivity contribution in [1.82, 2.24) is 14.7 Å². The van der Waals surface area contributed by atoms with Crippen LogP contribution in [0.25, 0.3) is 0 Å². The topological polar surface area (TPSA) is 73.4 Å². The number of nitrogens with two attached hydrogens (primary N) is 1. The molecule has 1 aromatic rings. The first-order chi connectivity index (χ1) is 7.82. The average Bonchev–Trinajstić information content (AvgIpc) is 2.50. The number of hydrogen-bond acceptors (Lipinski definition) is 4. The highest BCUT2D eigenvalue weighted by Crippen LogP contribution is 2.34. The molecule has 1 fully saturated rings. The lowest BCUT2D eigenvalue weighted by molar-refractivity contribution is -0.158. The van der Waals surface area contributed by atoms with Crippen LogP contribution in [0.1, 0.15) is 20.8 Å². The molecule has 1 aromatic heterocycles. The number of carbonyl (C=O) groups excluding carboxylic acids is 1. The van der Waals surface area contributed by atoms with Gasteiger partial charge in [-0.25, -0.2) is 0 Å². The maximum Gasteiger partial charge on any atom is 0.256 e. The van der Waals surface area contributed by atoms with Gasteiger partial charge in [0.05, 0.1) is 18.3 Å². The van der Waals surface area contributed by atoms with Gasteiger partial charge in [-0.15, -0.1) is 5.10 Å². The molecule has 2 rings (SSSR count). The molecular weight excluding hydrogens is 220 g/mol. The van der Waals surface area contributed by atoms with Crippen LogP contribution in [0.5, 0.6) is 5.88 Å². The zero-order chi connectivity index (χ0) is 12.8. The zero-order valence-corrected chi connectivity index (χ0v) is 10.6. The van der Waals surface area contributed by atoms with Crippen molar-refractivity contribution >= 4 is 11.6 Å². The Morgan fingerprint density at radius 3 is 2.71 bits per heavy atom. The number of ether oxygens (including phenoxy) is 1. The molecule has 2 heterocycles. The Morgan fingerprint density at radius 1 is 1.65 bits per heavy atom. The van der Waals surface area contributed by atoms with Crippen LogP contribution in [0.15, 0.2) is 6.20 Å². The Kier molecular flexibility index (Phi) is 2.52. The van der Waals surface area contributed by atoms with Crippen molar-refractivity contribution in [2.75, 3.05) is 12.3 Å². The van der Waals surface area contributed by atoms with E-state index in [1.165, 1.54) is 0 Å². The molecule has 6 heteroatoms. The van der Waals surface area contributed by atoms with Crippen molar-refractivity contribution in [3.05, 3.63) is 6.20 Å². The van der Waals surface area contributed by atoms with Crippen molar-refractivity contribution in [3.63, 3.8) is 0 Å². The largest absolute Gasteiger partial charge is 0.467 e. The first-order valence-electron chi connectivity index (χ1n) is 5.56. The third kappa shape index (κ3) is 1.83. The van der Waals surface area contributed by atoms with Crippen LogP contribution in [0.2, 0.25) is 0 Å². The minimum atomic E-state index is -0.310. The highest BCUT2D eigenvalue weighted by molar-refractivity contribution is 5.75. The molecule has 1 aliphatic rings. The number of aryl methyl sites for hydroxylation is 1. The van der Waals surface area contributed by atoms with E-state index in [0.29, 0.717) is 18.1 Å². The summed E-state index contributed by atoms with van der Waals surface area (Å²) in [6.45, 7) is 6.09. The molecule has 1 atom stereocenters. The fourth-order valence-corrected chi connectivity index (χ4v) is 2.11. The van der Waals surface area contributed by atoms with Gasteiger partial charge in [-0.1, -0.05) is 0 Å². The van der Waals surface area contributed by atoms with E-state index < -0.39 is 0 Å². The number of nitrogens with zero attached hydrogens (tertiary/aromatic N) is 3. The van der Waals surface area contributed by atoms with Gasteiger partial charge in [-0.05, 0) is 13.8 Å². The fraction of sp³-hybridized carbons (Fsp3) is 0.636. The van der Waals surface area contributed by atoms with E-state index in [0.717, 1.165) is 0 Å². The van der Waals surface area contributed by atoms with Crippen LogP contribution in [0.3, 0.4) is 0 Å². The lowest BCUT2D eigenvalue weighted by atomic mass is 9.85. The Morgan fingerprint density at radius 2 is 2.29 bits per heavy atom. The first-order valence-corrected chi connectivity index (χ1v) is 5.56. The quantitative estimate of drug-likeness (QED) is 0.809. The molecule has 0 bridgehead atoms. The van der Waals surface area contributed by atoms with Gasteiger partial charge >= 0.3 is 0 Å². The molecule has 1 amide bonds. The maximum absolute atomic E-state index is 11.3. The lowest BCUT2D eigenvalue weighted by Crippen LogP contribution is -2.70. The molecule has 1 aliphatic heterocycles. The van der Waals surface area contributed by atoms with Gasteiger partial charge in [0.2, 0.25) is 5.91 Å². The summed E-state index contributed by atoms with van der Waals surface area (Å²) in [6.07, 6.45) is 1.63. The summed E-state index contributed by atoms with van der Waals surface area (Å²) in [7, 11) is 1.79. The Bertz CT molecular complexity index is 452. The van der Waals surface area contributed by atoms with Crippen molar-refractivity contribution in [1.29, 1.82) is 0 Å². The normalized spacial score (nSPS) is 22.1. The third-order valence-electron chi connectivity index (χ3n) is 3.29. The molecule has 0 saturated carbocycles. The second-order valence-corrected chi connectivity index (χ2v) is 4.95. The SMILES string of the molecule is CC(=O)N1CC(Oc2nn(C)cc2N)C1(C)C. The molecule has 0 radical (unpaired) electrons. The highest BCUT2D eigenvalue weighted by Gasteiger charge is 2.50. The Labute approximate surface area is 100 Å². The first kappa shape index (κ1) is 11.8. The van der Waals surface area contributed by atoms with Crippen molar-refractivity contribution < 1.29 is 9.53 Å². The van der Waals surface area contributed by atoms with Crippen LogP contribution in [-0.4, -0.2) is 38.8 Å². The summed E-state index contributed by atoms with van der Waals surface area (Å²) in [5, 5.41) is 4.13. The van der Waals surface area contributed by atoms with Gasteiger partial charge in [0, 0.05) is 14.0 Å². The maximum atomic E-state index is 11.3. The van der Waals surface area contributed by atoms with Crippen molar-refractivity contribution in [3.8, 4) is 5.88 Å². The highest BCUT2D eigenvalue weighted by atomic mass is 16.5. The molecule has 1 unspecified atom stereocenters. The van der Waals surface area contributed by atoms with Crippen molar-refractivity contribution in [2.24, 2.45) is 7.05 Å². The molecule has 0 aromatic carbocycles. The van der Waals surface area contributed by atoms with Gasteiger partial charge in [0.15, 0.2) is 0 Å². The second-order valence-electron chi connectivity index (χ2n) is 4.95. The lowest BCUT2D eigenvalue weighted by Gasteiger charge is -2.53. The van der Waals surface area contributed by atoms with Gasteiger partial charge in [0.25, 0.3) is 5.88 Å². The number of rotatable bonds is 2. The van der Waals surface area contributed by atoms with Crippen LogP contribution in [0.4, 0.5) is 5.69 Å². The van der Waals surface area contributed by atoms with Crippen molar-refractivity contribution in [2.45, 2.75) is 32.4 Å². The molecule has 94 valence electrons. The van der Waals surface area contributed by atoms with Gasteiger partial charge < -0.3 is 15.4 Å². The van der Waals surface area contributed by atoms with Gasteiger partial charge in [-0.2, -0.15) is 0 Å². The molecule has 2 N–H and O–H groups in total. The van der Waals surface area contributed by atoms with E-state index in [1.54, 1.807) is 29.7 Å². The molecule has 0 spiro atoms. The summed E-state index contributed by atoms with van der Waals surface area (Å²) in [4.78, 5) is 13.1. The molecular formula is C11H18N4O2. The molecule has 0 aliphatic carbocycles. The monoisotopic (exact) mass is 238 g/mol. The minimum absolute atomic E-state index is 0.0591. The number of hydrogen-bond donors (Lipinski definition) is 1. The van der Waals surface area contributed by atoms with Crippen LogP contribution in [-0.2, 0) is 11.8 Å². The third-order valence-corrected chi connectivity index (χ3v) is 3.29. The van der Waals surface area contributed by atoms with Crippen LogP contribution >= 0.6 is 0 Å². The summed E-state index contributed by atoms with van der Waals surface area (Å²) >= 11 is 0. The van der Waals surface area contributed by atoms with E-state index in [-0.39, 0.29) is 17.6 Å². The Hall–Kier alpha value is -1.72. The molecule has 17 heavy (non-hydrogen) atoms. The van der Waals surface area contributed by atoms with Crippen LogP contribution in [0, 0.1) is 0 Å². The summed E-state index contributed by atoms with van der Waals surface area (Å²) in [5.41, 5.74) is 5.97. The predicted octanol–water partition coefficient (Wildman–Crippen LogP) is 0.390. The average molecular weight is 238 g/mol. The number of carbonyl (C=O) groups is 1. The molecule has 6 nitrogen and oxygen atoms in total. The number of nitrogen functional groups attached to an aromatic ring is 1. The number of amides is 1. The van der Waals surface area contributed by atoms with Crippen LogP contribution < -0.4 is 10.5 Å². The minimum Gasteiger partial charge on any atom is -0.467 e. The summed E-state index contributed by atoms with van der Waals surface area (Å²) < 4.78 is 7.36. The zero-order valence-electron chi connectivity index (χ0n) is 10.6. The Balaban J connectivity index is 2.08. The standard InChI is InChI=1S/C11H18N4O2/c1-7(16)15-6-9(11(15,2)3)17-10-8(12)5-14(4)13-10/h5,9H,6,12H2,1-4H3. The summed E-state index contributed by atoms with van der Waals surface area (Å²) in [5.74, 6) is 0.498. The number of anilines is 1. The van der Waals surface area contributed by atoms with Gasteiger partial charge in [-0.3, -0.25) is 9.48 Å². The van der Waals surface area contributed by atoms with Gasteiger partial charge in [0.1, 0.15) is 11.8 Å². The summed E-state index contributed by atoms with van der Waals surface area (Å²) in [6, 6.07) is 0. The fourth-order valence-electron chi connectivity index (χ4n) is 2.11. The number of likely N-dealkylation sites (tertiary alicyclic amines) is 1. The van der Waals surface area contributed by atoms with E-state index in [1.807, 2.05) is 13.8 Å². The predicted molar refractivity (Wildman–Crippen MR) is 63.5 cm³/mol. The van der Waals surface area contributed by atoms with E-state index >= 15 is 0 Å².